The number of hydrogen-bond acceptors (Lipinski definition) is 5. The second-order valence-electron chi connectivity index (χ2n) is 12.9. The van der Waals surface area contributed by atoms with Gasteiger partial charge in [-0.2, -0.15) is 5.26 Å². The molecule has 1 N–H and O–H groups in total. The Morgan fingerprint density at radius 3 is 2.33 bits per heavy atom. The van der Waals surface area contributed by atoms with E-state index in [0.29, 0.717) is 52.4 Å². The van der Waals surface area contributed by atoms with Crippen LogP contribution in [-0.4, -0.2) is 41.3 Å². The van der Waals surface area contributed by atoms with Crippen molar-refractivity contribution >= 4 is 34.5 Å². The van der Waals surface area contributed by atoms with Crippen molar-refractivity contribution in [1.82, 2.24) is 15.2 Å². The number of carbonyl (C=O) groups is 2. The summed E-state index contributed by atoms with van der Waals surface area (Å²) in [6, 6.07) is 21.2. The molecule has 0 spiro atoms. The quantitative estimate of drug-likeness (QED) is 0.225. The third-order valence-corrected chi connectivity index (χ3v) is 9.81. The van der Waals surface area contributed by atoms with Crippen molar-refractivity contribution in [1.29, 1.82) is 5.26 Å². The maximum absolute atomic E-state index is 13.3. The third-order valence-electron chi connectivity index (χ3n) is 9.56. The van der Waals surface area contributed by atoms with E-state index < -0.39 is 0 Å². The summed E-state index contributed by atoms with van der Waals surface area (Å²) in [7, 11) is 0. The Balaban J connectivity index is 0.973. The highest BCUT2D eigenvalue weighted by Gasteiger charge is 2.32. The first kappa shape index (κ1) is 30.9. The fraction of sp³-hybridized carbons (Fsp3) is 0.405. The van der Waals surface area contributed by atoms with Crippen LogP contribution in [0.25, 0.3) is 22.6 Å². The van der Waals surface area contributed by atoms with Crippen LogP contribution in [0.15, 0.2) is 65.1 Å². The molecule has 1 aliphatic carbocycles. The maximum atomic E-state index is 13.3. The van der Waals surface area contributed by atoms with Gasteiger partial charge >= 0.3 is 0 Å². The molecule has 45 heavy (non-hydrogen) atoms. The summed E-state index contributed by atoms with van der Waals surface area (Å²) < 4.78 is 6.11. The SMILES string of the molecule is CC(C)c1cc(C#N)cc2nc(-c3ccc(C(=O)NCC4CCN(C(=O)C5CCC(c6ccc(Cl)cc6)CC5)CC4)cc3)oc12. The van der Waals surface area contributed by atoms with Gasteiger partial charge in [-0.15, -0.1) is 0 Å². The molecule has 0 unspecified atom stereocenters. The number of aromatic nitrogens is 1. The number of nitrogens with one attached hydrogen (secondary N) is 1. The number of oxazole rings is 1. The number of rotatable bonds is 7. The topological polar surface area (TPSA) is 99.2 Å². The average Bonchev–Trinajstić information content (AvgIpc) is 3.51. The molecule has 3 aromatic carbocycles. The predicted octanol–water partition coefficient (Wildman–Crippen LogP) is 8.09. The van der Waals surface area contributed by atoms with E-state index in [9.17, 15) is 14.9 Å². The maximum Gasteiger partial charge on any atom is 0.251 e. The summed E-state index contributed by atoms with van der Waals surface area (Å²) in [6.07, 6.45) is 5.75. The van der Waals surface area contributed by atoms with Crippen LogP contribution in [0.1, 0.15) is 91.3 Å². The minimum atomic E-state index is -0.115. The molecule has 1 saturated heterocycles. The zero-order valence-corrected chi connectivity index (χ0v) is 26.6. The Morgan fingerprint density at radius 2 is 1.69 bits per heavy atom. The van der Waals surface area contributed by atoms with E-state index in [1.54, 1.807) is 18.2 Å². The summed E-state index contributed by atoms with van der Waals surface area (Å²) in [5, 5.41) is 13.3. The lowest BCUT2D eigenvalue weighted by atomic mass is 9.78. The number of fused-ring (bicyclic) bond motifs is 1. The minimum absolute atomic E-state index is 0.115. The highest BCUT2D eigenvalue weighted by Crippen LogP contribution is 2.37. The van der Waals surface area contributed by atoms with E-state index in [4.69, 9.17) is 16.0 Å². The van der Waals surface area contributed by atoms with Gasteiger partial charge in [-0.25, -0.2) is 4.98 Å². The standard InChI is InChI=1S/C37H39ClN4O3/c1-23(2)32-19-25(21-39)20-33-34(32)45-36(41-33)29-7-5-28(6-8-29)35(43)40-22-24-15-17-42(18-16-24)37(44)30-9-3-26(4-10-30)27-11-13-31(38)14-12-27/h5-8,11-14,19-20,23-24,26,30H,3-4,9-10,15-18,22H2,1-2H3,(H,40,43). The molecule has 0 bridgehead atoms. The highest BCUT2D eigenvalue weighted by molar-refractivity contribution is 6.30. The van der Waals surface area contributed by atoms with Gasteiger partial charge < -0.3 is 14.6 Å². The monoisotopic (exact) mass is 622 g/mol. The van der Waals surface area contributed by atoms with Crippen LogP contribution in [0.5, 0.6) is 0 Å². The van der Waals surface area contributed by atoms with Gasteiger partial charge in [-0.05, 0) is 110 Å². The zero-order valence-electron chi connectivity index (χ0n) is 25.9. The van der Waals surface area contributed by atoms with E-state index in [0.717, 1.165) is 67.8 Å². The Bertz CT molecular complexity index is 1710. The number of benzene rings is 3. The van der Waals surface area contributed by atoms with Crippen LogP contribution in [0, 0.1) is 23.2 Å². The number of nitriles is 1. The summed E-state index contributed by atoms with van der Waals surface area (Å²) in [5.41, 5.74) is 5.52. The first-order chi connectivity index (χ1) is 21.8. The predicted molar refractivity (Wildman–Crippen MR) is 176 cm³/mol. The second-order valence-corrected chi connectivity index (χ2v) is 13.3. The smallest absolute Gasteiger partial charge is 0.251 e. The lowest BCUT2D eigenvalue weighted by Gasteiger charge is -2.36. The van der Waals surface area contributed by atoms with E-state index in [1.807, 2.05) is 35.2 Å². The summed E-state index contributed by atoms with van der Waals surface area (Å²) >= 11 is 6.05. The van der Waals surface area contributed by atoms with Gasteiger partial charge in [-0.1, -0.05) is 37.6 Å². The molecule has 6 rings (SSSR count). The normalized spacial score (nSPS) is 19.0. The largest absolute Gasteiger partial charge is 0.436 e. The van der Waals surface area contributed by atoms with Crippen molar-refractivity contribution in [3.63, 3.8) is 0 Å². The molecule has 4 aromatic rings. The molecule has 1 aromatic heterocycles. The van der Waals surface area contributed by atoms with Crippen LogP contribution in [0.4, 0.5) is 0 Å². The third kappa shape index (κ3) is 6.92. The van der Waals surface area contributed by atoms with Crippen molar-refractivity contribution in [3.05, 3.63) is 87.9 Å². The summed E-state index contributed by atoms with van der Waals surface area (Å²) in [6.45, 7) is 6.22. The number of amides is 2. The van der Waals surface area contributed by atoms with Crippen LogP contribution < -0.4 is 5.32 Å². The fourth-order valence-electron chi connectivity index (χ4n) is 6.80. The van der Waals surface area contributed by atoms with Crippen molar-refractivity contribution in [2.24, 2.45) is 11.8 Å². The molecule has 1 aliphatic heterocycles. The molecular weight excluding hydrogens is 584 g/mol. The molecule has 2 amide bonds. The number of carbonyl (C=O) groups excluding carboxylic acids is 2. The molecule has 0 radical (unpaired) electrons. The van der Waals surface area contributed by atoms with Gasteiger partial charge in [0.25, 0.3) is 5.91 Å². The van der Waals surface area contributed by atoms with Crippen LogP contribution in [-0.2, 0) is 4.79 Å². The van der Waals surface area contributed by atoms with Crippen LogP contribution >= 0.6 is 11.6 Å². The van der Waals surface area contributed by atoms with Gasteiger partial charge in [0.05, 0.1) is 11.6 Å². The molecule has 2 heterocycles. The number of likely N-dealkylation sites (tertiary alicyclic amines) is 1. The van der Waals surface area contributed by atoms with Gasteiger partial charge in [-0.3, -0.25) is 9.59 Å². The van der Waals surface area contributed by atoms with Crippen LogP contribution in [0.3, 0.4) is 0 Å². The Morgan fingerprint density at radius 1 is 1.00 bits per heavy atom. The van der Waals surface area contributed by atoms with Crippen molar-refractivity contribution in [3.8, 4) is 17.5 Å². The highest BCUT2D eigenvalue weighted by atomic mass is 35.5. The molecule has 232 valence electrons. The molecule has 2 fully saturated rings. The lowest BCUT2D eigenvalue weighted by Crippen LogP contribution is -2.44. The molecular formula is C37H39ClN4O3. The second kappa shape index (κ2) is 13.5. The molecule has 8 heteroatoms. The molecule has 0 atom stereocenters. The first-order valence-corrected chi connectivity index (χ1v) is 16.4. The van der Waals surface area contributed by atoms with Crippen LogP contribution in [0.2, 0.25) is 5.02 Å². The molecule has 2 aliphatic rings. The van der Waals surface area contributed by atoms with Crippen molar-refractivity contribution < 1.29 is 14.0 Å². The fourth-order valence-corrected chi connectivity index (χ4v) is 6.93. The first-order valence-electron chi connectivity index (χ1n) is 16.1. The molecule has 7 nitrogen and oxygen atoms in total. The minimum Gasteiger partial charge on any atom is -0.436 e. The number of hydrogen-bond donors (Lipinski definition) is 1. The van der Waals surface area contributed by atoms with Crippen molar-refractivity contribution in [2.45, 2.75) is 64.2 Å². The van der Waals surface area contributed by atoms with Gasteiger partial charge in [0.15, 0.2) is 5.58 Å². The zero-order chi connectivity index (χ0) is 31.5. The summed E-state index contributed by atoms with van der Waals surface area (Å²) in [4.78, 5) is 32.9. The Kier molecular flexibility index (Phi) is 9.23. The average molecular weight is 623 g/mol. The Labute approximate surface area is 269 Å². The van der Waals surface area contributed by atoms with Crippen molar-refractivity contribution in [2.75, 3.05) is 19.6 Å². The van der Waals surface area contributed by atoms with E-state index in [-0.39, 0.29) is 17.7 Å². The lowest BCUT2D eigenvalue weighted by molar-refractivity contribution is -0.138. The van der Waals surface area contributed by atoms with Gasteiger partial charge in [0.1, 0.15) is 5.52 Å². The number of piperidine rings is 1. The van der Waals surface area contributed by atoms with E-state index >= 15 is 0 Å². The molecule has 1 saturated carbocycles. The Hall–Kier alpha value is -4.15. The summed E-state index contributed by atoms with van der Waals surface area (Å²) in [5.74, 6) is 1.82. The number of nitrogens with zero attached hydrogens (tertiary/aromatic N) is 3. The van der Waals surface area contributed by atoms with E-state index in [1.165, 1.54) is 5.56 Å². The van der Waals surface area contributed by atoms with E-state index in [2.05, 4.69) is 42.4 Å². The van der Waals surface area contributed by atoms with Gasteiger partial charge in [0.2, 0.25) is 11.8 Å². The van der Waals surface area contributed by atoms with Gasteiger partial charge in [0, 0.05) is 47.3 Å². The number of halogens is 1.